The van der Waals surface area contributed by atoms with Crippen LogP contribution in [0.2, 0.25) is 0 Å². The molecule has 1 aliphatic rings. The number of halogens is 2. The third-order valence-electron chi connectivity index (χ3n) is 3.37. The predicted octanol–water partition coefficient (Wildman–Crippen LogP) is 3.64. The Morgan fingerprint density at radius 1 is 1.10 bits per heavy atom. The van der Waals surface area contributed by atoms with Crippen molar-refractivity contribution in [1.29, 1.82) is 0 Å². The molecule has 0 aromatic heterocycles. The highest BCUT2D eigenvalue weighted by atomic mass is 79.9. The standard InChI is InChI=1S/C16H14BrFO3/c17-13-3-2-12(18)7-11(13)8-14(19)10-1-4-15-16(9-10)21-6-5-20-15/h1-4,7,9,14,19H,5-6,8H2. The number of ether oxygens (including phenoxy) is 2. The van der Waals surface area contributed by atoms with Crippen LogP contribution in [0.15, 0.2) is 40.9 Å². The molecule has 21 heavy (non-hydrogen) atoms. The quantitative estimate of drug-likeness (QED) is 0.916. The minimum Gasteiger partial charge on any atom is -0.486 e. The summed E-state index contributed by atoms with van der Waals surface area (Å²) in [4.78, 5) is 0. The van der Waals surface area contributed by atoms with E-state index in [1.54, 1.807) is 24.3 Å². The van der Waals surface area contributed by atoms with E-state index in [-0.39, 0.29) is 5.82 Å². The summed E-state index contributed by atoms with van der Waals surface area (Å²) in [6.07, 6.45) is -0.420. The van der Waals surface area contributed by atoms with Crippen molar-refractivity contribution in [2.24, 2.45) is 0 Å². The zero-order valence-electron chi connectivity index (χ0n) is 11.2. The van der Waals surface area contributed by atoms with Crippen molar-refractivity contribution in [3.05, 3.63) is 57.8 Å². The SMILES string of the molecule is OC(Cc1cc(F)ccc1Br)c1ccc2c(c1)OCCO2. The van der Waals surface area contributed by atoms with Gasteiger partial charge in [0.05, 0.1) is 6.10 Å². The van der Waals surface area contributed by atoms with Crippen molar-refractivity contribution in [2.45, 2.75) is 12.5 Å². The Hall–Kier alpha value is -1.59. The molecule has 0 radical (unpaired) electrons. The second kappa shape index (κ2) is 6.03. The van der Waals surface area contributed by atoms with Crippen molar-refractivity contribution in [3.8, 4) is 11.5 Å². The molecule has 1 aliphatic heterocycles. The number of hydrogen-bond acceptors (Lipinski definition) is 3. The Labute approximate surface area is 130 Å². The summed E-state index contributed by atoms with van der Waals surface area (Å²) < 4.78 is 25.0. The Balaban J connectivity index is 1.82. The van der Waals surface area contributed by atoms with Crippen molar-refractivity contribution >= 4 is 15.9 Å². The second-order valence-electron chi connectivity index (χ2n) is 4.86. The van der Waals surface area contributed by atoms with E-state index in [9.17, 15) is 9.50 Å². The van der Waals surface area contributed by atoms with E-state index in [2.05, 4.69) is 15.9 Å². The first-order chi connectivity index (χ1) is 10.1. The first-order valence-electron chi connectivity index (χ1n) is 6.65. The lowest BCUT2D eigenvalue weighted by atomic mass is 10.0. The lowest BCUT2D eigenvalue weighted by molar-refractivity contribution is 0.164. The summed E-state index contributed by atoms with van der Waals surface area (Å²) in [7, 11) is 0. The molecule has 2 aromatic carbocycles. The highest BCUT2D eigenvalue weighted by Gasteiger charge is 2.16. The molecule has 1 unspecified atom stereocenters. The summed E-state index contributed by atoms with van der Waals surface area (Å²) in [5.74, 6) is 1.00. The molecule has 110 valence electrons. The molecular formula is C16H14BrFO3. The van der Waals surface area contributed by atoms with Gasteiger partial charge in [-0.15, -0.1) is 0 Å². The molecule has 0 saturated carbocycles. The molecule has 0 amide bonds. The second-order valence-corrected chi connectivity index (χ2v) is 5.71. The maximum atomic E-state index is 13.3. The Kier molecular flexibility index (Phi) is 4.12. The topological polar surface area (TPSA) is 38.7 Å². The van der Waals surface area contributed by atoms with Crippen LogP contribution in [0, 0.1) is 5.82 Å². The maximum Gasteiger partial charge on any atom is 0.161 e. The Morgan fingerprint density at radius 2 is 1.86 bits per heavy atom. The van der Waals surface area contributed by atoms with Crippen LogP contribution in [0.3, 0.4) is 0 Å². The van der Waals surface area contributed by atoms with Crippen LogP contribution in [-0.4, -0.2) is 18.3 Å². The van der Waals surface area contributed by atoms with E-state index < -0.39 is 6.10 Å². The van der Waals surface area contributed by atoms with Gasteiger partial charge >= 0.3 is 0 Å². The van der Waals surface area contributed by atoms with Crippen LogP contribution < -0.4 is 9.47 Å². The molecule has 3 rings (SSSR count). The van der Waals surface area contributed by atoms with E-state index in [1.165, 1.54) is 12.1 Å². The number of aliphatic hydroxyl groups excluding tert-OH is 1. The van der Waals surface area contributed by atoms with Gasteiger partial charge in [0.15, 0.2) is 11.5 Å². The van der Waals surface area contributed by atoms with Gasteiger partial charge in [0.2, 0.25) is 0 Å². The zero-order valence-corrected chi connectivity index (χ0v) is 12.8. The predicted molar refractivity (Wildman–Crippen MR) is 80.2 cm³/mol. The maximum absolute atomic E-state index is 13.3. The number of hydrogen-bond donors (Lipinski definition) is 1. The van der Waals surface area contributed by atoms with E-state index >= 15 is 0 Å². The molecule has 1 heterocycles. The van der Waals surface area contributed by atoms with Gasteiger partial charge in [0, 0.05) is 10.9 Å². The highest BCUT2D eigenvalue weighted by Crippen LogP contribution is 2.34. The van der Waals surface area contributed by atoms with E-state index in [0.29, 0.717) is 31.1 Å². The largest absolute Gasteiger partial charge is 0.486 e. The molecular weight excluding hydrogens is 339 g/mol. The van der Waals surface area contributed by atoms with Gasteiger partial charge in [-0.2, -0.15) is 0 Å². The molecule has 2 aromatic rings. The van der Waals surface area contributed by atoms with E-state index in [1.807, 2.05) is 0 Å². The van der Waals surface area contributed by atoms with Gasteiger partial charge in [-0.25, -0.2) is 4.39 Å². The molecule has 0 fully saturated rings. The third-order valence-corrected chi connectivity index (χ3v) is 4.15. The van der Waals surface area contributed by atoms with Crippen molar-refractivity contribution in [3.63, 3.8) is 0 Å². The minimum atomic E-state index is -0.737. The normalized spacial score (nSPS) is 14.8. The van der Waals surface area contributed by atoms with E-state index in [4.69, 9.17) is 9.47 Å². The van der Waals surface area contributed by atoms with Crippen molar-refractivity contribution in [2.75, 3.05) is 13.2 Å². The smallest absolute Gasteiger partial charge is 0.161 e. The van der Waals surface area contributed by atoms with E-state index in [0.717, 1.165) is 15.6 Å². The summed E-state index contributed by atoms with van der Waals surface area (Å²) in [6, 6.07) is 9.79. The number of benzene rings is 2. The van der Waals surface area contributed by atoms with Crippen LogP contribution in [0.4, 0.5) is 4.39 Å². The molecule has 0 bridgehead atoms. The van der Waals surface area contributed by atoms with Gasteiger partial charge in [0.25, 0.3) is 0 Å². The lowest BCUT2D eigenvalue weighted by Crippen LogP contribution is -2.15. The van der Waals surface area contributed by atoms with Crippen LogP contribution in [-0.2, 0) is 6.42 Å². The summed E-state index contributed by atoms with van der Waals surface area (Å²) in [6.45, 7) is 1.03. The average Bonchev–Trinajstić information content (AvgIpc) is 2.50. The first-order valence-corrected chi connectivity index (χ1v) is 7.44. The molecule has 1 atom stereocenters. The molecule has 0 aliphatic carbocycles. The molecule has 0 spiro atoms. The van der Waals surface area contributed by atoms with Gasteiger partial charge in [-0.3, -0.25) is 0 Å². The molecule has 3 nitrogen and oxygen atoms in total. The van der Waals surface area contributed by atoms with Gasteiger partial charge in [-0.05, 0) is 41.5 Å². The number of aliphatic hydroxyl groups is 1. The van der Waals surface area contributed by atoms with Crippen LogP contribution in [0.1, 0.15) is 17.2 Å². The Bertz CT molecular complexity index is 660. The highest BCUT2D eigenvalue weighted by molar-refractivity contribution is 9.10. The fourth-order valence-corrected chi connectivity index (χ4v) is 2.70. The molecule has 1 N–H and O–H groups in total. The number of fused-ring (bicyclic) bond motifs is 1. The van der Waals surface area contributed by atoms with Crippen molar-refractivity contribution in [1.82, 2.24) is 0 Å². The number of rotatable bonds is 3. The average molecular weight is 353 g/mol. The first kappa shape index (κ1) is 14.4. The lowest BCUT2D eigenvalue weighted by Gasteiger charge is -2.20. The van der Waals surface area contributed by atoms with Gasteiger partial charge in [0.1, 0.15) is 19.0 Å². The zero-order chi connectivity index (χ0) is 14.8. The fraction of sp³-hybridized carbons (Fsp3) is 0.250. The third kappa shape index (κ3) is 3.19. The van der Waals surface area contributed by atoms with Crippen LogP contribution in [0.5, 0.6) is 11.5 Å². The Morgan fingerprint density at radius 3 is 2.67 bits per heavy atom. The van der Waals surface area contributed by atoms with Gasteiger partial charge < -0.3 is 14.6 Å². The monoisotopic (exact) mass is 352 g/mol. The molecule has 5 heteroatoms. The van der Waals surface area contributed by atoms with Crippen LogP contribution in [0.25, 0.3) is 0 Å². The van der Waals surface area contributed by atoms with Crippen LogP contribution >= 0.6 is 15.9 Å². The van der Waals surface area contributed by atoms with Crippen molar-refractivity contribution < 1.29 is 19.0 Å². The minimum absolute atomic E-state index is 0.317. The summed E-state index contributed by atoms with van der Waals surface area (Å²) in [5, 5.41) is 10.4. The van der Waals surface area contributed by atoms with Gasteiger partial charge in [-0.1, -0.05) is 22.0 Å². The summed E-state index contributed by atoms with van der Waals surface area (Å²) >= 11 is 3.37. The fourth-order valence-electron chi connectivity index (χ4n) is 2.29. The summed E-state index contributed by atoms with van der Waals surface area (Å²) in [5.41, 5.74) is 1.44. The molecule has 0 saturated heterocycles.